The van der Waals surface area contributed by atoms with Gasteiger partial charge in [0.25, 0.3) is 0 Å². The molecule has 1 aromatic rings. The fourth-order valence-corrected chi connectivity index (χ4v) is 2.23. The van der Waals surface area contributed by atoms with Crippen molar-refractivity contribution < 1.29 is 4.39 Å². The van der Waals surface area contributed by atoms with Crippen LogP contribution in [0.2, 0.25) is 0 Å². The van der Waals surface area contributed by atoms with Crippen LogP contribution in [0.25, 0.3) is 0 Å². The van der Waals surface area contributed by atoms with Crippen molar-refractivity contribution in [1.29, 1.82) is 0 Å². The van der Waals surface area contributed by atoms with E-state index in [0.717, 1.165) is 24.2 Å². The van der Waals surface area contributed by atoms with Gasteiger partial charge >= 0.3 is 0 Å². The number of nitrogens with one attached hydrogen (secondary N) is 1. The Balaban J connectivity index is 3.20. The normalized spacial score (nSPS) is 14.3. The fraction of sp³-hybridized carbons (Fsp3) is 0.600. The van der Waals surface area contributed by atoms with Gasteiger partial charge in [-0.3, -0.25) is 0 Å². The van der Waals surface area contributed by atoms with Crippen LogP contribution in [0.15, 0.2) is 18.2 Å². The molecule has 0 aliphatic carbocycles. The van der Waals surface area contributed by atoms with Gasteiger partial charge in [-0.25, -0.2) is 4.39 Å². The molecular weight excluding hydrogens is 227 g/mol. The summed E-state index contributed by atoms with van der Waals surface area (Å²) in [4.78, 5) is 2.34. The second-order valence-corrected chi connectivity index (χ2v) is 4.76. The van der Waals surface area contributed by atoms with Crippen LogP contribution in [0.1, 0.15) is 45.7 Å². The molecule has 2 unspecified atom stereocenters. The largest absolute Gasteiger partial charge is 0.369 e. The van der Waals surface area contributed by atoms with Gasteiger partial charge in [-0.1, -0.05) is 6.92 Å². The second kappa shape index (κ2) is 6.74. The third kappa shape index (κ3) is 3.22. The molecule has 0 radical (unpaired) electrons. The highest BCUT2D eigenvalue weighted by Gasteiger charge is 2.18. The third-order valence-electron chi connectivity index (χ3n) is 3.66. The summed E-state index contributed by atoms with van der Waals surface area (Å²) in [5.74, 6) is -0.170. The molecule has 1 aromatic carbocycles. The number of rotatable bonds is 6. The van der Waals surface area contributed by atoms with Crippen LogP contribution in [-0.4, -0.2) is 19.6 Å². The lowest BCUT2D eigenvalue weighted by molar-refractivity contribution is 0.592. The van der Waals surface area contributed by atoms with E-state index in [1.165, 1.54) is 0 Å². The summed E-state index contributed by atoms with van der Waals surface area (Å²) in [6, 6.07) is 5.69. The Labute approximate surface area is 110 Å². The Bertz CT molecular complexity index is 379. The molecule has 2 nitrogen and oxygen atoms in total. The first-order chi connectivity index (χ1) is 8.54. The van der Waals surface area contributed by atoms with Crippen molar-refractivity contribution in [3.63, 3.8) is 0 Å². The average molecular weight is 252 g/mol. The monoisotopic (exact) mass is 252 g/mol. The van der Waals surface area contributed by atoms with E-state index >= 15 is 0 Å². The Kier molecular flexibility index (Phi) is 5.60. The lowest BCUT2D eigenvalue weighted by atomic mass is 10.0. The minimum atomic E-state index is -0.170. The van der Waals surface area contributed by atoms with Crippen LogP contribution in [0.5, 0.6) is 0 Å². The van der Waals surface area contributed by atoms with Crippen molar-refractivity contribution in [3.05, 3.63) is 29.6 Å². The zero-order chi connectivity index (χ0) is 13.7. The Morgan fingerprint density at radius 3 is 2.44 bits per heavy atom. The zero-order valence-corrected chi connectivity index (χ0v) is 12.1. The molecule has 0 saturated carbocycles. The molecule has 0 saturated heterocycles. The predicted molar refractivity (Wildman–Crippen MR) is 76.6 cm³/mol. The molecule has 0 aromatic heterocycles. The lowest BCUT2D eigenvalue weighted by Crippen LogP contribution is -2.33. The molecule has 0 spiro atoms. The van der Waals surface area contributed by atoms with E-state index in [1.807, 2.05) is 13.1 Å². The van der Waals surface area contributed by atoms with Crippen molar-refractivity contribution >= 4 is 5.69 Å². The smallest absolute Gasteiger partial charge is 0.123 e. The van der Waals surface area contributed by atoms with Gasteiger partial charge in [-0.15, -0.1) is 0 Å². The molecule has 1 rings (SSSR count). The Morgan fingerprint density at radius 2 is 1.94 bits per heavy atom. The van der Waals surface area contributed by atoms with E-state index in [4.69, 9.17) is 0 Å². The first kappa shape index (κ1) is 15.0. The second-order valence-electron chi connectivity index (χ2n) is 4.76. The lowest BCUT2D eigenvalue weighted by Gasteiger charge is -2.32. The van der Waals surface area contributed by atoms with Crippen molar-refractivity contribution in [2.24, 2.45) is 0 Å². The average Bonchev–Trinajstić information content (AvgIpc) is 2.39. The van der Waals surface area contributed by atoms with Crippen LogP contribution in [-0.2, 0) is 0 Å². The van der Waals surface area contributed by atoms with Gasteiger partial charge in [0.15, 0.2) is 0 Å². The number of nitrogens with zero attached hydrogens (tertiary/aromatic N) is 1. The maximum absolute atomic E-state index is 13.4. The summed E-state index contributed by atoms with van der Waals surface area (Å²) in [6.07, 6.45) is 1.08. The molecule has 0 heterocycles. The first-order valence-corrected chi connectivity index (χ1v) is 6.78. The number of hydrogen-bond donors (Lipinski definition) is 1. The van der Waals surface area contributed by atoms with E-state index < -0.39 is 0 Å². The van der Waals surface area contributed by atoms with Crippen LogP contribution < -0.4 is 10.2 Å². The highest BCUT2D eigenvalue weighted by molar-refractivity contribution is 5.55. The fourth-order valence-electron chi connectivity index (χ4n) is 2.23. The molecule has 0 aliphatic rings. The van der Waals surface area contributed by atoms with Gasteiger partial charge in [0.2, 0.25) is 0 Å². The summed E-state index contributed by atoms with van der Waals surface area (Å²) >= 11 is 0. The predicted octanol–water partition coefficient (Wildman–Crippen LogP) is 3.73. The molecule has 0 aliphatic heterocycles. The summed E-state index contributed by atoms with van der Waals surface area (Å²) in [6.45, 7) is 9.52. The molecule has 18 heavy (non-hydrogen) atoms. The molecule has 0 bridgehead atoms. The van der Waals surface area contributed by atoms with Gasteiger partial charge in [0, 0.05) is 24.3 Å². The highest BCUT2D eigenvalue weighted by Crippen LogP contribution is 2.29. The molecular formula is C15H25FN2. The van der Waals surface area contributed by atoms with Crippen LogP contribution >= 0.6 is 0 Å². The van der Waals surface area contributed by atoms with E-state index in [9.17, 15) is 4.39 Å². The van der Waals surface area contributed by atoms with Crippen LogP contribution in [0.4, 0.5) is 10.1 Å². The Hall–Kier alpha value is -1.09. The SMILES string of the molecule is CCC(C)N(CC)c1ccc(F)cc1C(C)NC. The number of anilines is 1. The molecule has 0 fully saturated rings. The van der Waals surface area contributed by atoms with E-state index in [0.29, 0.717) is 6.04 Å². The van der Waals surface area contributed by atoms with Gasteiger partial charge in [-0.05, 0) is 58.0 Å². The number of benzene rings is 1. The minimum Gasteiger partial charge on any atom is -0.369 e. The van der Waals surface area contributed by atoms with Crippen molar-refractivity contribution in [3.8, 4) is 0 Å². The first-order valence-electron chi connectivity index (χ1n) is 6.78. The van der Waals surface area contributed by atoms with E-state index in [1.54, 1.807) is 12.1 Å². The maximum Gasteiger partial charge on any atom is 0.123 e. The molecule has 102 valence electrons. The van der Waals surface area contributed by atoms with Crippen LogP contribution in [0.3, 0.4) is 0 Å². The quantitative estimate of drug-likeness (QED) is 0.830. The summed E-state index contributed by atoms with van der Waals surface area (Å²) < 4.78 is 13.4. The molecule has 0 amide bonds. The van der Waals surface area contributed by atoms with Gasteiger partial charge in [0.1, 0.15) is 5.82 Å². The zero-order valence-electron chi connectivity index (χ0n) is 12.1. The molecule has 3 heteroatoms. The summed E-state index contributed by atoms with van der Waals surface area (Å²) in [7, 11) is 1.90. The van der Waals surface area contributed by atoms with Crippen molar-refractivity contribution in [2.45, 2.75) is 46.2 Å². The van der Waals surface area contributed by atoms with Gasteiger partial charge < -0.3 is 10.2 Å². The summed E-state index contributed by atoms with van der Waals surface area (Å²) in [5.41, 5.74) is 2.16. The highest BCUT2D eigenvalue weighted by atomic mass is 19.1. The minimum absolute atomic E-state index is 0.147. The maximum atomic E-state index is 13.4. The van der Waals surface area contributed by atoms with Crippen molar-refractivity contribution in [1.82, 2.24) is 5.32 Å². The van der Waals surface area contributed by atoms with Crippen LogP contribution in [0, 0.1) is 5.82 Å². The van der Waals surface area contributed by atoms with E-state index in [-0.39, 0.29) is 11.9 Å². The number of halogens is 1. The third-order valence-corrected chi connectivity index (χ3v) is 3.66. The van der Waals surface area contributed by atoms with E-state index in [2.05, 4.69) is 37.9 Å². The van der Waals surface area contributed by atoms with Crippen molar-refractivity contribution in [2.75, 3.05) is 18.5 Å². The van der Waals surface area contributed by atoms with Gasteiger partial charge in [0.05, 0.1) is 0 Å². The molecule has 2 atom stereocenters. The molecule has 1 N–H and O–H groups in total. The topological polar surface area (TPSA) is 15.3 Å². The number of hydrogen-bond acceptors (Lipinski definition) is 2. The van der Waals surface area contributed by atoms with Gasteiger partial charge in [-0.2, -0.15) is 0 Å². The summed E-state index contributed by atoms with van der Waals surface area (Å²) in [5, 5.41) is 3.19. The Morgan fingerprint density at radius 1 is 1.28 bits per heavy atom. The standard InChI is InChI=1S/C15H25FN2/c1-6-11(3)18(7-2)15-9-8-13(16)10-14(15)12(4)17-5/h8-12,17H,6-7H2,1-5H3.